The zero-order valence-corrected chi connectivity index (χ0v) is 8.66. The standard InChI is InChI=1S/C10H15NS/c1-8(7-11-3)6-10-9(2)4-5-12-10/h4-6,11H,7H2,1-3H3. The monoisotopic (exact) mass is 181 g/mol. The maximum atomic E-state index is 3.14. The molecule has 0 bridgehead atoms. The van der Waals surface area contributed by atoms with E-state index in [1.165, 1.54) is 16.0 Å². The van der Waals surface area contributed by atoms with Crippen molar-refractivity contribution in [3.05, 3.63) is 27.5 Å². The number of rotatable bonds is 3. The first kappa shape index (κ1) is 9.49. The lowest BCUT2D eigenvalue weighted by Gasteiger charge is -1.98. The first-order valence-corrected chi connectivity index (χ1v) is 4.98. The van der Waals surface area contributed by atoms with E-state index in [-0.39, 0.29) is 0 Å². The summed E-state index contributed by atoms with van der Waals surface area (Å²) in [6.07, 6.45) is 2.25. The Balaban J connectivity index is 2.73. The van der Waals surface area contributed by atoms with Crippen molar-refractivity contribution >= 4 is 17.4 Å². The zero-order chi connectivity index (χ0) is 8.97. The molecule has 0 fully saturated rings. The molecule has 2 heteroatoms. The Labute approximate surface area is 78.1 Å². The summed E-state index contributed by atoms with van der Waals surface area (Å²) >= 11 is 1.80. The largest absolute Gasteiger partial charge is 0.316 e. The highest BCUT2D eigenvalue weighted by atomic mass is 32.1. The number of aryl methyl sites for hydroxylation is 1. The molecule has 1 rings (SSSR count). The highest BCUT2D eigenvalue weighted by Crippen LogP contribution is 2.18. The molecule has 1 heterocycles. The minimum absolute atomic E-state index is 0.970. The summed E-state index contributed by atoms with van der Waals surface area (Å²) in [5, 5.41) is 5.27. The molecule has 66 valence electrons. The van der Waals surface area contributed by atoms with Crippen molar-refractivity contribution in [2.24, 2.45) is 0 Å². The van der Waals surface area contributed by atoms with E-state index in [1.54, 1.807) is 11.3 Å². The quantitative estimate of drug-likeness (QED) is 0.756. The summed E-state index contributed by atoms with van der Waals surface area (Å²) in [6, 6.07) is 2.16. The summed E-state index contributed by atoms with van der Waals surface area (Å²) in [5.74, 6) is 0. The van der Waals surface area contributed by atoms with Crippen molar-refractivity contribution in [2.75, 3.05) is 13.6 Å². The average molecular weight is 181 g/mol. The Bertz CT molecular complexity index is 273. The molecule has 0 spiro atoms. The van der Waals surface area contributed by atoms with Gasteiger partial charge < -0.3 is 5.32 Å². The van der Waals surface area contributed by atoms with E-state index < -0.39 is 0 Å². The lowest BCUT2D eigenvalue weighted by Crippen LogP contribution is -2.08. The van der Waals surface area contributed by atoms with Gasteiger partial charge in [0.25, 0.3) is 0 Å². The molecule has 1 nitrogen and oxygen atoms in total. The summed E-state index contributed by atoms with van der Waals surface area (Å²) in [4.78, 5) is 1.38. The average Bonchev–Trinajstić information content (AvgIpc) is 2.37. The predicted octanol–water partition coefficient (Wildman–Crippen LogP) is 2.68. The molecule has 0 aliphatic heterocycles. The van der Waals surface area contributed by atoms with Gasteiger partial charge in [-0.05, 0) is 44.0 Å². The van der Waals surface area contributed by atoms with E-state index in [0.29, 0.717) is 0 Å². The summed E-state index contributed by atoms with van der Waals surface area (Å²) in [6.45, 7) is 5.27. The molecule has 0 aliphatic rings. The molecule has 0 saturated heterocycles. The molecule has 1 N–H and O–H groups in total. The van der Waals surface area contributed by atoms with Gasteiger partial charge >= 0.3 is 0 Å². The highest BCUT2D eigenvalue weighted by molar-refractivity contribution is 7.11. The third-order valence-electron chi connectivity index (χ3n) is 1.73. The first-order valence-electron chi connectivity index (χ1n) is 4.10. The molecule has 0 saturated carbocycles. The van der Waals surface area contributed by atoms with Crippen LogP contribution in [-0.4, -0.2) is 13.6 Å². The molecule has 1 aromatic rings. The van der Waals surface area contributed by atoms with Gasteiger partial charge in [0.05, 0.1) is 0 Å². The second kappa shape index (κ2) is 4.43. The fraction of sp³-hybridized carbons (Fsp3) is 0.400. The van der Waals surface area contributed by atoms with Crippen molar-refractivity contribution in [1.29, 1.82) is 0 Å². The van der Waals surface area contributed by atoms with Gasteiger partial charge in [-0.2, -0.15) is 0 Å². The van der Waals surface area contributed by atoms with E-state index in [0.717, 1.165) is 6.54 Å². The van der Waals surface area contributed by atoms with E-state index >= 15 is 0 Å². The van der Waals surface area contributed by atoms with Gasteiger partial charge in [0.2, 0.25) is 0 Å². The molecule has 0 aromatic carbocycles. The van der Waals surface area contributed by atoms with Crippen LogP contribution in [0.15, 0.2) is 17.0 Å². The van der Waals surface area contributed by atoms with Gasteiger partial charge in [-0.25, -0.2) is 0 Å². The lowest BCUT2D eigenvalue weighted by molar-refractivity contribution is 0.885. The van der Waals surface area contributed by atoms with Crippen molar-refractivity contribution in [1.82, 2.24) is 5.32 Å². The van der Waals surface area contributed by atoms with Gasteiger partial charge in [0, 0.05) is 11.4 Å². The Morgan fingerprint density at radius 1 is 1.67 bits per heavy atom. The number of likely N-dealkylation sites (N-methyl/N-ethyl adjacent to an activating group) is 1. The Morgan fingerprint density at radius 3 is 2.92 bits per heavy atom. The second-order valence-electron chi connectivity index (χ2n) is 2.99. The molecular weight excluding hydrogens is 166 g/mol. The van der Waals surface area contributed by atoms with E-state index in [4.69, 9.17) is 0 Å². The van der Waals surface area contributed by atoms with Crippen LogP contribution in [0.5, 0.6) is 0 Å². The minimum atomic E-state index is 0.970. The number of nitrogens with one attached hydrogen (secondary N) is 1. The third-order valence-corrected chi connectivity index (χ3v) is 2.70. The first-order chi connectivity index (χ1) is 5.74. The van der Waals surface area contributed by atoms with Crippen LogP contribution >= 0.6 is 11.3 Å². The maximum Gasteiger partial charge on any atom is 0.0299 e. The van der Waals surface area contributed by atoms with Crippen LogP contribution in [0, 0.1) is 6.92 Å². The molecule has 1 aromatic heterocycles. The molecule has 12 heavy (non-hydrogen) atoms. The molecule has 0 unspecified atom stereocenters. The molecular formula is C10H15NS. The Morgan fingerprint density at radius 2 is 2.42 bits per heavy atom. The van der Waals surface area contributed by atoms with Crippen LogP contribution in [0.2, 0.25) is 0 Å². The van der Waals surface area contributed by atoms with Crippen molar-refractivity contribution < 1.29 is 0 Å². The molecule has 0 amide bonds. The molecule has 0 atom stereocenters. The number of hydrogen-bond acceptors (Lipinski definition) is 2. The maximum absolute atomic E-state index is 3.14. The third kappa shape index (κ3) is 2.47. The molecule has 0 aliphatic carbocycles. The topological polar surface area (TPSA) is 12.0 Å². The predicted molar refractivity (Wildman–Crippen MR) is 56.6 cm³/mol. The minimum Gasteiger partial charge on any atom is -0.316 e. The second-order valence-corrected chi connectivity index (χ2v) is 3.94. The van der Waals surface area contributed by atoms with Crippen LogP contribution in [0.3, 0.4) is 0 Å². The lowest BCUT2D eigenvalue weighted by atomic mass is 10.2. The van der Waals surface area contributed by atoms with Crippen LogP contribution in [0.4, 0.5) is 0 Å². The Kier molecular flexibility index (Phi) is 3.50. The van der Waals surface area contributed by atoms with Crippen molar-refractivity contribution in [2.45, 2.75) is 13.8 Å². The van der Waals surface area contributed by atoms with Gasteiger partial charge in [-0.1, -0.05) is 5.57 Å². The van der Waals surface area contributed by atoms with Gasteiger partial charge in [0.15, 0.2) is 0 Å². The number of thiophene rings is 1. The van der Waals surface area contributed by atoms with Crippen LogP contribution in [0.25, 0.3) is 6.08 Å². The van der Waals surface area contributed by atoms with Crippen LogP contribution < -0.4 is 5.32 Å². The van der Waals surface area contributed by atoms with Crippen molar-refractivity contribution in [3.63, 3.8) is 0 Å². The van der Waals surface area contributed by atoms with E-state index in [2.05, 4.69) is 36.7 Å². The molecule has 0 radical (unpaired) electrons. The number of hydrogen-bond donors (Lipinski definition) is 1. The normalized spacial score (nSPS) is 12.1. The fourth-order valence-electron chi connectivity index (χ4n) is 1.09. The van der Waals surface area contributed by atoms with Gasteiger partial charge in [0.1, 0.15) is 0 Å². The van der Waals surface area contributed by atoms with Crippen molar-refractivity contribution in [3.8, 4) is 0 Å². The zero-order valence-electron chi connectivity index (χ0n) is 7.85. The van der Waals surface area contributed by atoms with E-state index in [9.17, 15) is 0 Å². The smallest absolute Gasteiger partial charge is 0.0299 e. The van der Waals surface area contributed by atoms with Crippen LogP contribution in [0.1, 0.15) is 17.4 Å². The van der Waals surface area contributed by atoms with Crippen LogP contribution in [-0.2, 0) is 0 Å². The van der Waals surface area contributed by atoms with Gasteiger partial charge in [-0.15, -0.1) is 11.3 Å². The Hall–Kier alpha value is -0.600. The van der Waals surface area contributed by atoms with E-state index in [1.807, 2.05) is 7.05 Å². The highest BCUT2D eigenvalue weighted by Gasteiger charge is 1.95. The van der Waals surface area contributed by atoms with Gasteiger partial charge in [-0.3, -0.25) is 0 Å². The summed E-state index contributed by atoms with van der Waals surface area (Å²) in [7, 11) is 1.97. The SMILES string of the molecule is CNCC(C)=Cc1sccc1C. The summed E-state index contributed by atoms with van der Waals surface area (Å²) in [5.41, 5.74) is 2.75. The fourth-order valence-corrected chi connectivity index (χ4v) is 2.03. The summed E-state index contributed by atoms with van der Waals surface area (Å²) < 4.78 is 0.